The summed E-state index contributed by atoms with van der Waals surface area (Å²) in [5, 5.41) is 5.77. The molecule has 0 saturated carbocycles. The molecule has 0 amide bonds. The number of nitrogens with zero attached hydrogens (tertiary/aromatic N) is 4. The Kier molecular flexibility index (Phi) is 10.8. The molecule has 3 aromatic heterocycles. The molecule has 38 heavy (non-hydrogen) atoms. The number of fused-ring (bicyclic) bond motifs is 2. The number of benzene rings is 2. The number of nitrogens with two attached hydrogens (primary N) is 1. The lowest BCUT2D eigenvalue weighted by Gasteiger charge is -2.07. The molecule has 0 unspecified atom stereocenters. The van der Waals surface area contributed by atoms with Crippen molar-refractivity contribution in [2.45, 2.75) is 14.0 Å². The molecular formula is C27H24Cl3N6O2+. The smallest absolute Gasteiger partial charge is 0.264 e. The van der Waals surface area contributed by atoms with Gasteiger partial charge in [0.25, 0.3) is 12.0 Å². The fraction of sp³-hybridized carbons (Fsp3) is 0.111. The highest BCUT2D eigenvalue weighted by atomic mass is 35.5. The first-order chi connectivity index (χ1) is 18.0. The number of anilines is 1. The van der Waals surface area contributed by atoms with E-state index in [1.54, 1.807) is 12.3 Å². The molecule has 0 bridgehead atoms. The van der Waals surface area contributed by atoms with E-state index in [1.807, 2.05) is 60.7 Å². The SMILES string of the molecule is C.Clc1nc(Cl)c2ccccc2n1.Clc1nc(NCc2ccco2)c2ccccc2n1.NCC1=C[C+]=CO1. The van der Waals surface area contributed by atoms with Crippen molar-refractivity contribution in [3.8, 4) is 0 Å². The average molecular weight is 571 g/mol. The normalized spacial score (nSPS) is 11.2. The molecule has 4 heterocycles. The first kappa shape index (κ1) is 28.8. The van der Waals surface area contributed by atoms with Gasteiger partial charge < -0.3 is 20.2 Å². The Hall–Kier alpha value is -3.78. The zero-order chi connectivity index (χ0) is 26.0. The predicted molar refractivity (Wildman–Crippen MR) is 153 cm³/mol. The number of furan rings is 1. The molecule has 8 nitrogen and oxygen atoms in total. The maximum Gasteiger partial charge on any atom is 0.264 e. The molecule has 5 aromatic rings. The van der Waals surface area contributed by atoms with Crippen LogP contribution in [0.15, 0.2) is 89.4 Å². The molecule has 6 rings (SSSR count). The second-order valence-electron chi connectivity index (χ2n) is 7.31. The van der Waals surface area contributed by atoms with E-state index in [-0.39, 0.29) is 18.0 Å². The van der Waals surface area contributed by atoms with Gasteiger partial charge in [0.1, 0.15) is 29.4 Å². The second-order valence-corrected chi connectivity index (χ2v) is 8.34. The van der Waals surface area contributed by atoms with E-state index >= 15 is 0 Å². The fourth-order valence-electron chi connectivity index (χ4n) is 3.16. The lowest BCUT2D eigenvalue weighted by atomic mass is 10.2. The third kappa shape index (κ3) is 7.86. The minimum Gasteiger partial charge on any atom is -0.467 e. The first-order valence-corrected chi connectivity index (χ1v) is 12.1. The van der Waals surface area contributed by atoms with E-state index in [0.717, 1.165) is 33.3 Å². The van der Waals surface area contributed by atoms with Crippen molar-refractivity contribution in [2.24, 2.45) is 5.73 Å². The predicted octanol–water partition coefficient (Wildman–Crippen LogP) is 7.24. The standard InChI is InChI=1S/C13H10ClN3O.C8H4Cl2N2.C5H6NO.CH4/c14-13-16-11-6-2-1-5-10(11)12(17-13)15-8-9-4-3-7-18-9;9-7-5-3-1-2-4-6(5)11-8(10)12-7;6-4-5-2-1-3-7-5;/h1-7H,8H2,(H,15,16,17);1-4H;2-3H,4,6H2;1H4/q;;+1;. The number of para-hydroxylation sites is 2. The largest absolute Gasteiger partial charge is 0.467 e. The van der Waals surface area contributed by atoms with Gasteiger partial charge in [0, 0.05) is 10.8 Å². The highest BCUT2D eigenvalue weighted by Crippen LogP contribution is 2.23. The van der Waals surface area contributed by atoms with Crippen LogP contribution in [0, 0.1) is 6.08 Å². The van der Waals surface area contributed by atoms with Crippen LogP contribution in [-0.2, 0) is 11.3 Å². The minimum absolute atomic E-state index is 0. The maximum absolute atomic E-state index is 5.90. The molecule has 0 saturated heterocycles. The number of halogens is 3. The third-order valence-electron chi connectivity index (χ3n) is 4.84. The van der Waals surface area contributed by atoms with Crippen LogP contribution in [0.25, 0.3) is 21.8 Å². The van der Waals surface area contributed by atoms with Gasteiger partial charge in [-0.2, -0.15) is 0 Å². The zero-order valence-electron chi connectivity index (χ0n) is 19.2. The van der Waals surface area contributed by atoms with E-state index in [2.05, 4.69) is 31.3 Å². The van der Waals surface area contributed by atoms with Crippen LogP contribution in [0.1, 0.15) is 13.2 Å². The number of rotatable bonds is 4. The van der Waals surface area contributed by atoms with Crippen molar-refractivity contribution in [1.82, 2.24) is 19.9 Å². The minimum atomic E-state index is 0. The Labute approximate surface area is 235 Å². The number of allylic oxidation sites excluding steroid dienone is 2. The van der Waals surface area contributed by atoms with Gasteiger partial charge in [-0.3, -0.25) is 0 Å². The lowest BCUT2D eigenvalue weighted by molar-refractivity contribution is 0.356. The Morgan fingerprint density at radius 1 is 0.816 bits per heavy atom. The Balaban J connectivity index is 0.000000173. The number of nitrogens with one attached hydrogen (secondary N) is 1. The number of hydrogen-bond acceptors (Lipinski definition) is 8. The quantitative estimate of drug-likeness (QED) is 0.132. The van der Waals surface area contributed by atoms with Crippen molar-refractivity contribution in [3.63, 3.8) is 0 Å². The van der Waals surface area contributed by atoms with E-state index in [4.69, 9.17) is 49.7 Å². The van der Waals surface area contributed by atoms with Crippen molar-refractivity contribution >= 4 is 62.4 Å². The van der Waals surface area contributed by atoms with Crippen LogP contribution in [0.5, 0.6) is 0 Å². The Bertz CT molecular complexity index is 1540. The summed E-state index contributed by atoms with van der Waals surface area (Å²) in [5.41, 5.74) is 6.77. The summed E-state index contributed by atoms with van der Waals surface area (Å²) in [5.74, 6) is 2.33. The van der Waals surface area contributed by atoms with Gasteiger partial charge in [-0.05, 0) is 59.6 Å². The molecular weight excluding hydrogens is 547 g/mol. The summed E-state index contributed by atoms with van der Waals surface area (Å²) < 4.78 is 10.1. The highest BCUT2D eigenvalue weighted by molar-refractivity contribution is 6.35. The maximum atomic E-state index is 5.90. The van der Waals surface area contributed by atoms with Gasteiger partial charge in [0.2, 0.25) is 16.6 Å². The monoisotopic (exact) mass is 569 g/mol. The van der Waals surface area contributed by atoms with E-state index in [1.165, 1.54) is 6.26 Å². The molecule has 0 radical (unpaired) electrons. The average Bonchev–Trinajstić information content (AvgIpc) is 3.62. The Morgan fingerprint density at radius 3 is 2.08 bits per heavy atom. The van der Waals surface area contributed by atoms with E-state index in [9.17, 15) is 0 Å². The fourth-order valence-corrected chi connectivity index (χ4v) is 3.79. The van der Waals surface area contributed by atoms with E-state index < -0.39 is 0 Å². The molecule has 0 atom stereocenters. The van der Waals surface area contributed by atoms with E-state index in [0.29, 0.717) is 24.1 Å². The summed E-state index contributed by atoms with van der Waals surface area (Å²) in [4.78, 5) is 16.2. The van der Waals surface area contributed by atoms with Crippen LogP contribution in [-0.4, -0.2) is 26.5 Å². The van der Waals surface area contributed by atoms with Gasteiger partial charge in [-0.1, -0.05) is 43.3 Å². The van der Waals surface area contributed by atoms with Crippen LogP contribution in [0.4, 0.5) is 5.82 Å². The summed E-state index contributed by atoms with van der Waals surface area (Å²) >= 11 is 17.3. The Morgan fingerprint density at radius 2 is 1.47 bits per heavy atom. The van der Waals surface area contributed by atoms with Crippen molar-refractivity contribution in [3.05, 3.63) is 113 Å². The third-order valence-corrected chi connectivity index (χ3v) is 5.47. The van der Waals surface area contributed by atoms with Gasteiger partial charge in [0.15, 0.2) is 0 Å². The molecule has 0 spiro atoms. The van der Waals surface area contributed by atoms with Crippen molar-refractivity contribution < 1.29 is 9.15 Å². The summed E-state index contributed by atoms with van der Waals surface area (Å²) in [6, 6.07) is 18.9. The van der Waals surface area contributed by atoms with Gasteiger partial charge in [-0.15, -0.1) is 0 Å². The van der Waals surface area contributed by atoms with Gasteiger partial charge in [0.05, 0.1) is 23.8 Å². The molecule has 0 fully saturated rings. The molecule has 0 aliphatic carbocycles. The molecule has 11 heteroatoms. The van der Waals surface area contributed by atoms with Crippen LogP contribution in [0.2, 0.25) is 15.7 Å². The molecule has 1 aliphatic heterocycles. The number of hydrogen-bond donors (Lipinski definition) is 2. The lowest BCUT2D eigenvalue weighted by Crippen LogP contribution is -2.02. The molecule has 2 aromatic carbocycles. The molecule has 1 aliphatic rings. The summed E-state index contributed by atoms with van der Waals surface area (Å²) in [7, 11) is 0. The van der Waals surface area contributed by atoms with Crippen LogP contribution < -0.4 is 11.1 Å². The number of aromatic nitrogens is 4. The summed E-state index contributed by atoms with van der Waals surface area (Å²) in [6.45, 7) is 1.02. The second kappa shape index (κ2) is 14.2. The van der Waals surface area contributed by atoms with Gasteiger partial charge in [-0.25, -0.2) is 19.9 Å². The molecule has 3 N–H and O–H groups in total. The van der Waals surface area contributed by atoms with Crippen molar-refractivity contribution in [2.75, 3.05) is 11.9 Å². The van der Waals surface area contributed by atoms with Crippen molar-refractivity contribution in [1.29, 1.82) is 0 Å². The zero-order valence-corrected chi connectivity index (χ0v) is 21.5. The van der Waals surface area contributed by atoms with Crippen LogP contribution >= 0.6 is 34.8 Å². The molecule has 194 valence electrons. The summed E-state index contributed by atoms with van der Waals surface area (Å²) in [6.07, 6.45) is 7.59. The van der Waals surface area contributed by atoms with Gasteiger partial charge >= 0.3 is 0 Å². The van der Waals surface area contributed by atoms with Crippen LogP contribution in [0.3, 0.4) is 0 Å². The first-order valence-electron chi connectivity index (χ1n) is 10.9. The number of ether oxygens (including phenoxy) is 1. The highest BCUT2D eigenvalue weighted by Gasteiger charge is 2.08. The topological polar surface area (TPSA) is 112 Å².